The smallest absolute Gasteiger partial charge is 0.230 e. The van der Waals surface area contributed by atoms with Gasteiger partial charge in [0.2, 0.25) is 5.91 Å². The molecule has 3 aliphatic rings. The number of carbonyl (C=O) groups is 1. The highest BCUT2D eigenvalue weighted by Crippen LogP contribution is 2.41. The van der Waals surface area contributed by atoms with Crippen molar-refractivity contribution in [3.05, 3.63) is 30.1 Å². The van der Waals surface area contributed by atoms with E-state index in [0.29, 0.717) is 12.6 Å². The third-order valence-corrected chi connectivity index (χ3v) is 5.99. The molecule has 1 aromatic heterocycles. The number of piperidine rings is 1. The Morgan fingerprint density at radius 2 is 2.08 bits per heavy atom. The van der Waals surface area contributed by atoms with E-state index in [0.717, 1.165) is 45.3 Å². The fraction of sp³-hybridized carbons (Fsp3) is 0.684. The molecule has 5 nitrogen and oxygen atoms in total. The molecule has 1 N–H and O–H groups in total. The maximum Gasteiger partial charge on any atom is 0.230 e. The number of hydrogen-bond acceptors (Lipinski definition) is 4. The minimum Gasteiger partial charge on any atom is -0.377 e. The van der Waals surface area contributed by atoms with Crippen LogP contribution in [0.15, 0.2) is 24.5 Å². The van der Waals surface area contributed by atoms with Gasteiger partial charge in [-0.1, -0.05) is 12.8 Å². The first-order chi connectivity index (χ1) is 11.8. The van der Waals surface area contributed by atoms with Gasteiger partial charge < -0.3 is 10.1 Å². The first kappa shape index (κ1) is 16.0. The molecule has 2 saturated heterocycles. The highest BCUT2D eigenvalue weighted by molar-refractivity contribution is 5.84. The summed E-state index contributed by atoms with van der Waals surface area (Å²) in [6, 6.07) is 4.49. The van der Waals surface area contributed by atoms with Crippen LogP contribution in [-0.4, -0.2) is 47.6 Å². The lowest BCUT2D eigenvalue weighted by Crippen LogP contribution is -2.58. The SMILES string of the molecule is O=C(NC1CCCC1)[C@]12CCO[C@H]1CCN(Cc1ccncc1)C2. The Morgan fingerprint density at radius 1 is 1.29 bits per heavy atom. The average molecular weight is 329 g/mol. The Morgan fingerprint density at radius 3 is 2.88 bits per heavy atom. The molecule has 2 aliphatic heterocycles. The number of ether oxygens (including phenoxy) is 1. The summed E-state index contributed by atoms with van der Waals surface area (Å²) in [5.41, 5.74) is 0.905. The number of nitrogens with one attached hydrogen (secondary N) is 1. The number of pyridine rings is 1. The predicted molar refractivity (Wildman–Crippen MR) is 91.3 cm³/mol. The molecule has 1 aromatic rings. The molecule has 5 heteroatoms. The van der Waals surface area contributed by atoms with E-state index in [2.05, 4.69) is 27.3 Å². The second-order valence-electron chi connectivity index (χ2n) is 7.58. The van der Waals surface area contributed by atoms with Crippen LogP contribution >= 0.6 is 0 Å². The molecule has 0 radical (unpaired) electrons. The number of likely N-dealkylation sites (tertiary alicyclic amines) is 1. The molecule has 0 unspecified atom stereocenters. The molecular formula is C19H27N3O2. The van der Waals surface area contributed by atoms with Gasteiger partial charge in [-0.05, 0) is 43.4 Å². The lowest BCUT2D eigenvalue weighted by atomic mass is 9.75. The Labute approximate surface area is 143 Å². The van der Waals surface area contributed by atoms with Crippen LogP contribution in [0.1, 0.15) is 44.1 Å². The quantitative estimate of drug-likeness (QED) is 0.919. The molecule has 1 saturated carbocycles. The zero-order valence-corrected chi connectivity index (χ0v) is 14.2. The van der Waals surface area contributed by atoms with Gasteiger partial charge in [-0.3, -0.25) is 14.7 Å². The summed E-state index contributed by atoms with van der Waals surface area (Å²) in [7, 11) is 0. The number of aromatic nitrogens is 1. The summed E-state index contributed by atoms with van der Waals surface area (Å²) < 4.78 is 5.95. The van der Waals surface area contributed by atoms with Crippen LogP contribution in [0.25, 0.3) is 0 Å². The third-order valence-electron chi connectivity index (χ3n) is 5.99. The second kappa shape index (κ2) is 6.81. The van der Waals surface area contributed by atoms with Crippen molar-refractivity contribution in [1.29, 1.82) is 0 Å². The molecule has 0 spiro atoms. The third kappa shape index (κ3) is 3.07. The van der Waals surface area contributed by atoms with Crippen LogP contribution in [0.3, 0.4) is 0 Å². The molecule has 24 heavy (non-hydrogen) atoms. The van der Waals surface area contributed by atoms with Crippen LogP contribution in [0, 0.1) is 5.41 Å². The maximum absolute atomic E-state index is 13.1. The minimum absolute atomic E-state index is 0.0904. The Bertz CT molecular complexity index is 573. The van der Waals surface area contributed by atoms with E-state index in [1.807, 2.05) is 12.4 Å². The van der Waals surface area contributed by atoms with Gasteiger partial charge in [0.15, 0.2) is 0 Å². The van der Waals surface area contributed by atoms with Gasteiger partial charge in [0.1, 0.15) is 0 Å². The zero-order chi connectivity index (χ0) is 16.4. The van der Waals surface area contributed by atoms with E-state index in [4.69, 9.17) is 4.74 Å². The van der Waals surface area contributed by atoms with E-state index in [1.165, 1.54) is 18.4 Å². The number of amides is 1. The van der Waals surface area contributed by atoms with Gasteiger partial charge in [0.05, 0.1) is 11.5 Å². The summed E-state index contributed by atoms with van der Waals surface area (Å²) in [5.74, 6) is 0.233. The van der Waals surface area contributed by atoms with Crippen LogP contribution in [-0.2, 0) is 16.1 Å². The normalized spacial score (nSPS) is 31.1. The van der Waals surface area contributed by atoms with E-state index < -0.39 is 0 Å². The van der Waals surface area contributed by atoms with Gasteiger partial charge in [-0.2, -0.15) is 0 Å². The Hall–Kier alpha value is -1.46. The van der Waals surface area contributed by atoms with Gasteiger partial charge >= 0.3 is 0 Å². The molecular weight excluding hydrogens is 302 g/mol. The first-order valence-electron chi connectivity index (χ1n) is 9.30. The Kier molecular flexibility index (Phi) is 4.55. The predicted octanol–water partition coefficient (Wildman–Crippen LogP) is 2.12. The van der Waals surface area contributed by atoms with Gasteiger partial charge in [-0.25, -0.2) is 0 Å². The van der Waals surface area contributed by atoms with E-state index in [-0.39, 0.29) is 17.4 Å². The van der Waals surface area contributed by atoms with Crippen LogP contribution in [0.4, 0.5) is 0 Å². The van der Waals surface area contributed by atoms with Crippen LogP contribution < -0.4 is 5.32 Å². The number of rotatable bonds is 4. The first-order valence-corrected chi connectivity index (χ1v) is 9.30. The molecule has 130 valence electrons. The number of nitrogens with zero attached hydrogens (tertiary/aromatic N) is 2. The summed E-state index contributed by atoms with van der Waals surface area (Å²) in [4.78, 5) is 19.6. The van der Waals surface area contributed by atoms with Crippen molar-refractivity contribution >= 4 is 5.91 Å². The highest BCUT2D eigenvalue weighted by atomic mass is 16.5. The topological polar surface area (TPSA) is 54.5 Å². The van der Waals surface area contributed by atoms with Crippen molar-refractivity contribution in [3.8, 4) is 0 Å². The molecule has 1 aliphatic carbocycles. The number of fused-ring (bicyclic) bond motifs is 1. The van der Waals surface area contributed by atoms with Gasteiger partial charge in [0, 0.05) is 44.7 Å². The largest absolute Gasteiger partial charge is 0.377 e. The highest BCUT2D eigenvalue weighted by Gasteiger charge is 2.53. The molecule has 0 bridgehead atoms. The van der Waals surface area contributed by atoms with E-state index in [1.54, 1.807) is 0 Å². The van der Waals surface area contributed by atoms with Crippen LogP contribution in [0.5, 0.6) is 0 Å². The lowest BCUT2D eigenvalue weighted by Gasteiger charge is -2.43. The minimum atomic E-state index is -0.353. The summed E-state index contributed by atoms with van der Waals surface area (Å²) in [5, 5.41) is 3.34. The molecule has 1 amide bonds. The fourth-order valence-corrected chi connectivity index (χ4v) is 4.63. The molecule has 2 atom stereocenters. The van der Waals surface area contributed by atoms with Crippen molar-refractivity contribution in [2.24, 2.45) is 5.41 Å². The van der Waals surface area contributed by atoms with Crippen molar-refractivity contribution in [2.45, 2.75) is 57.2 Å². The number of hydrogen-bond donors (Lipinski definition) is 1. The average Bonchev–Trinajstić information content (AvgIpc) is 3.25. The zero-order valence-electron chi connectivity index (χ0n) is 14.2. The molecule has 3 heterocycles. The van der Waals surface area contributed by atoms with Crippen molar-refractivity contribution in [2.75, 3.05) is 19.7 Å². The monoisotopic (exact) mass is 329 g/mol. The molecule has 0 aromatic carbocycles. The number of carbonyl (C=O) groups excluding carboxylic acids is 1. The van der Waals surface area contributed by atoms with Crippen molar-refractivity contribution in [3.63, 3.8) is 0 Å². The maximum atomic E-state index is 13.1. The van der Waals surface area contributed by atoms with E-state index >= 15 is 0 Å². The van der Waals surface area contributed by atoms with Crippen molar-refractivity contribution in [1.82, 2.24) is 15.2 Å². The summed E-state index contributed by atoms with van der Waals surface area (Å²) >= 11 is 0. The van der Waals surface area contributed by atoms with E-state index in [9.17, 15) is 4.79 Å². The fourth-order valence-electron chi connectivity index (χ4n) is 4.63. The summed E-state index contributed by atoms with van der Waals surface area (Å²) in [6.07, 6.45) is 10.3. The standard InChI is InChI=1S/C19H27N3O2/c23-18(21-16-3-1-2-4-16)19-8-12-24-17(19)7-11-22(14-19)13-15-5-9-20-10-6-15/h5-6,9-10,16-17H,1-4,7-8,11-14H2,(H,21,23)/t17-,19-/m0/s1. The molecule has 3 fully saturated rings. The van der Waals surface area contributed by atoms with Crippen LogP contribution in [0.2, 0.25) is 0 Å². The molecule has 4 rings (SSSR count). The van der Waals surface area contributed by atoms with Gasteiger partial charge in [-0.15, -0.1) is 0 Å². The second-order valence-corrected chi connectivity index (χ2v) is 7.58. The van der Waals surface area contributed by atoms with Crippen molar-refractivity contribution < 1.29 is 9.53 Å². The Balaban J connectivity index is 1.47. The lowest BCUT2D eigenvalue weighted by molar-refractivity contribution is -0.140. The summed E-state index contributed by atoms with van der Waals surface area (Å²) in [6.45, 7) is 3.39. The van der Waals surface area contributed by atoms with Gasteiger partial charge in [0.25, 0.3) is 0 Å².